The van der Waals surface area contributed by atoms with Crippen LogP contribution in [0.2, 0.25) is 0 Å². The molecular formula is C13H9F5O2. The number of rotatable bonds is 2. The molecule has 20 heavy (non-hydrogen) atoms. The molecule has 0 N–H and O–H groups in total. The molecule has 0 amide bonds. The summed E-state index contributed by atoms with van der Waals surface area (Å²) in [6.45, 7) is 0. The fourth-order valence-electron chi connectivity index (χ4n) is 2.22. The van der Waals surface area contributed by atoms with Gasteiger partial charge in [0.25, 0.3) is 5.92 Å². The highest BCUT2D eigenvalue weighted by atomic mass is 19.4. The van der Waals surface area contributed by atoms with E-state index in [-0.39, 0.29) is 5.56 Å². The molecule has 7 heteroatoms. The van der Waals surface area contributed by atoms with E-state index in [1.165, 1.54) is 30.3 Å². The van der Waals surface area contributed by atoms with E-state index in [1.807, 2.05) is 0 Å². The molecule has 0 heterocycles. The maximum Gasteiger partial charge on any atom is 0.401 e. The van der Waals surface area contributed by atoms with Gasteiger partial charge in [0.15, 0.2) is 0 Å². The van der Waals surface area contributed by atoms with Crippen molar-refractivity contribution in [1.29, 1.82) is 0 Å². The summed E-state index contributed by atoms with van der Waals surface area (Å²) in [6, 6.07) is 6.82. The molecular weight excluding hydrogens is 283 g/mol. The lowest BCUT2D eigenvalue weighted by atomic mass is 9.70. The molecule has 1 aliphatic carbocycles. The van der Waals surface area contributed by atoms with E-state index in [1.54, 1.807) is 0 Å². The van der Waals surface area contributed by atoms with Crippen molar-refractivity contribution in [2.24, 2.45) is 5.92 Å². The van der Waals surface area contributed by atoms with Crippen molar-refractivity contribution in [3.63, 3.8) is 0 Å². The monoisotopic (exact) mass is 292 g/mol. The van der Waals surface area contributed by atoms with E-state index in [0.717, 1.165) is 7.11 Å². The van der Waals surface area contributed by atoms with Gasteiger partial charge in [0.2, 0.25) is 0 Å². The first-order chi connectivity index (χ1) is 9.21. The highest BCUT2D eigenvalue weighted by Crippen LogP contribution is 2.59. The first-order valence-corrected chi connectivity index (χ1v) is 5.54. The maximum atomic E-state index is 13.7. The molecule has 1 aromatic carbocycles. The zero-order valence-corrected chi connectivity index (χ0v) is 10.2. The molecule has 0 bridgehead atoms. The second kappa shape index (κ2) is 4.57. The second-order valence-corrected chi connectivity index (χ2v) is 4.24. The fraction of sp³-hybridized carbons (Fsp3) is 0.308. The van der Waals surface area contributed by atoms with Gasteiger partial charge in [-0.25, -0.2) is 4.79 Å². The summed E-state index contributed by atoms with van der Waals surface area (Å²) in [5.41, 5.74) is -2.02. The third-order valence-electron chi connectivity index (χ3n) is 3.06. The van der Waals surface area contributed by atoms with Crippen LogP contribution in [-0.2, 0) is 9.53 Å². The van der Waals surface area contributed by atoms with Crippen LogP contribution in [0.3, 0.4) is 0 Å². The van der Waals surface area contributed by atoms with Gasteiger partial charge in [0, 0.05) is 0 Å². The summed E-state index contributed by atoms with van der Waals surface area (Å²) >= 11 is 0. The molecule has 1 aromatic rings. The third kappa shape index (κ3) is 2.07. The number of allylic oxidation sites excluding steroid dienone is 1. The number of hydrogen-bond acceptors (Lipinski definition) is 2. The predicted molar refractivity (Wildman–Crippen MR) is 59.9 cm³/mol. The van der Waals surface area contributed by atoms with Crippen LogP contribution >= 0.6 is 0 Å². The Morgan fingerprint density at radius 3 is 2.20 bits per heavy atom. The molecule has 0 saturated heterocycles. The number of methoxy groups -OCH3 is 1. The van der Waals surface area contributed by atoms with Crippen molar-refractivity contribution in [2.45, 2.75) is 12.1 Å². The van der Waals surface area contributed by atoms with E-state index in [9.17, 15) is 26.7 Å². The van der Waals surface area contributed by atoms with Gasteiger partial charge >= 0.3 is 12.1 Å². The van der Waals surface area contributed by atoms with E-state index < -0.39 is 35.1 Å². The van der Waals surface area contributed by atoms with E-state index >= 15 is 0 Å². The van der Waals surface area contributed by atoms with Crippen LogP contribution in [-0.4, -0.2) is 25.2 Å². The number of esters is 1. The maximum absolute atomic E-state index is 13.7. The van der Waals surface area contributed by atoms with Gasteiger partial charge in [-0.3, -0.25) is 0 Å². The first-order valence-electron chi connectivity index (χ1n) is 5.54. The quantitative estimate of drug-likeness (QED) is 0.616. The van der Waals surface area contributed by atoms with Crippen LogP contribution in [0, 0.1) is 5.92 Å². The number of carbonyl (C=O) groups is 1. The average molecular weight is 292 g/mol. The van der Waals surface area contributed by atoms with Gasteiger partial charge in [-0.2, -0.15) is 22.0 Å². The van der Waals surface area contributed by atoms with Gasteiger partial charge in [-0.15, -0.1) is 0 Å². The largest absolute Gasteiger partial charge is 0.465 e. The van der Waals surface area contributed by atoms with Gasteiger partial charge in [-0.1, -0.05) is 30.3 Å². The highest BCUT2D eigenvalue weighted by Gasteiger charge is 2.69. The topological polar surface area (TPSA) is 26.3 Å². The zero-order chi connectivity index (χ0) is 15.1. The molecule has 0 aliphatic heterocycles. The fourth-order valence-corrected chi connectivity index (χ4v) is 2.22. The molecule has 108 valence electrons. The Kier molecular flexibility index (Phi) is 3.31. The van der Waals surface area contributed by atoms with Crippen LogP contribution in [0.25, 0.3) is 5.57 Å². The molecule has 1 atom stereocenters. The van der Waals surface area contributed by atoms with Gasteiger partial charge < -0.3 is 4.74 Å². The summed E-state index contributed by atoms with van der Waals surface area (Å²) in [6.07, 6.45) is -5.15. The molecule has 2 rings (SSSR count). The number of halogens is 5. The van der Waals surface area contributed by atoms with Crippen molar-refractivity contribution in [3.8, 4) is 0 Å². The summed E-state index contributed by atoms with van der Waals surface area (Å²) in [5.74, 6) is -8.72. The SMILES string of the molecule is COC(=O)C1=C(c2ccccc2)C(C(F)(F)F)C1(F)F. The Morgan fingerprint density at radius 2 is 1.75 bits per heavy atom. The number of carbonyl (C=O) groups excluding carboxylic acids is 1. The van der Waals surface area contributed by atoms with Gasteiger partial charge in [0.05, 0.1) is 7.11 Å². The average Bonchev–Trinajstić information content (AvgIpc) is 2.35. The van der Waals surface area contributed by atoms with Gasteiger partial charge in [-0.05, 0) is 11.1 Å². The molecule has 2 nitrogen and oxygen atoms in total. The molecule has 0 spiro atoms. The Hall–Kier alpha value is -1.92. The number of hydrogen-bond donors (Lipinski definition) is 0. The third-order valence-corrected chi connectivity index (χ3v) is 3.06. The van der Waals surface area contributed by atoms with Crippen LogP contribution in [0.1, 0.15) is 5.56 Å². The lowest BCUT2D eigenvalue weighted by Gasteiger charge is -2.41. The summed E-state index contributed by atoms with van der Waals surface area (Å²) in [5, 5.41) is 0. The molecule has 1 unspecified atom stereocenters. The molecule has 1 aliphatic rings. The number of ether oxygens (including phenoxy) is 1. The summed E-state index contributed by atoms with van der Waals surface area (Å²) in [7, 11) is 0.842. The van der Waals surface area contributed by atoms with E-state index in [4.69, 9.17) is 0 Å². The van der Waals surface area contributed by atoms with Crippen LogP contribution < -0.4 is 0 Å². The first kappa shape index (κ1) is 14.5. The normalized spacial score (nSPS) is 21.4. The van der Waals surface area contributed by atoms with Crippen molar-refractivity contribution in [2.75, 3.05) is 7.11 Å². The van der Waals surface area contributed by atoms with Crippen molar-refractivity contribution in [1.82, 2.24) is 0 Å². The smallest absolute Gasteiger partial charge is 0.401 e. The summed E-state index contributed by atoms with van der Waals surface area (Å²) in [4.78, 5) is 11.3. The number of benzene rings is 1. The minimum Gasteiger partial charge on any atom is -0.465 e. The van der Waals surface area contributed by atoms with Crippen LogP contribution in [0.4, 0.5) is 22.0 Å². The lowest BCUT2D eigenvalue weighted by Crippen LogP contribution is -2.52. The van der Waals surface area contributed by atoms with Crippen molar-refractivity contribution < 1.29 is 31.5 Å². The zero-order valence-electron chi connectivity index (χ0n) is 10.2. The predicted octanol–water partition coefficient (Wildman–Crippen LogP) is 3.44. The Bertz CT molecular complexity index is 560. The minimum absolute atomic E-state index is 0.0684. The Morgan fingerprint density at radius 1 is 1.20 bits per heavy atom. The van der Waals surface area contributed by atoms with E-state index in [0.29, 0.717) is 0 Å². The van der Waals surface area contributed by atoms with Crippen molar-refractivity contribution in [3.05, 3.63) is 41.5 Å². The molecule has 0 aromatic heterocycles. The van der Waals surface area contributed by atoms with Crippen molar-refractivity contribution >= 4 is 11.5 Å². The Labute approximate surface area is 110 Å². The Balaban J connectivity index is 2.64. The van der Waals surface area contributed by atoms with Crippen LogP contribution in [0.5, 0.6) is 0 Å². The minimum atomic E-state index is -5.15. The molecule has 0 radical (unpaired) electrons. The standard InChI is InChI=1S/C13H9F5O2/c1-20-11(19)9-8(7-5-3-2-4-6-7)10(12(9,14)15)13(16,17)18/h2-6,10H,1H3. The molecule has 0 fully saturated rings. The number of alkyl halides is 5. The highest BCUT2D eigenvalue weighted by molar-refractivity contribution is 6.04. The molecule has 0 saturated carbocycles. The second-order valence-electron chi connectivity index (χ2n) is 4.24. The van der Waals surface area contributed by atoms with Gasteiger partial charge in [0.1, 0.15) is 11.5 Å². The lowest BCUT2D eigenvalue weighted by molar-refractivity contribution is -0.220. The van der Waals surface area contributed by atoms with Crippen LogP contribution in [0.15, 0.2) is 35.9 Å². The summed E-state index contributed by atoms with van der Waals surface area (Å²) < 4.78 is 69.9. The van der Waals surface area contributed by atoms with E-state index in [2.05, 4.69) is 4.74 Å².